The summed E-state index contributed by atoms with van der Waals surface area (Å²) in [4.78, 5) is 26.5. The van der Waals surface area contributed by atoms with Gasteiger partial charge in [0.05, 0.1) is 0 Å². The Hall–Kier alpha value is -0.970. The first-order chi connectivity index (χ1) is 3.77. The molecular formula is C3H5NO4. The summed E-state index contributed by atoms with van der Waals surface area (Å²) in [6.45, 7) is 1.06. The van der Waals surface area contributed by atoms with Crippen LogP contribution in [0, 0.1) is 4.91 Å². The Balaban J connectivity index is 2.93. The van der Waals surface area contributed by atoms with Gasteiger partial charge in [0.15, 0.2) is 17.7 Å². The van der Waals surface area contributed by atoms with Crippen LogP contribution < -0.4 is 0 Å². The smallest absolute Gasteiger partial charge is 0.190 e. The van der Waals surface area contributed by atoms with E-state index in [9.17, 15) is 4.79 Å². The van der Waals surface area contributed by atoms with Crippen LogP contribution in [-0.4, -0.2) is 12.4 Å². The monoisotopic (exact) mass is 119 g/mol. The number of rotatable bonds is 4. The van der Waals surface area contributed by atoms with Crippen molar-refractivity contribution in [2.75, 3.05) is 6.61 Å². The predicted octanol–water partition coefficient (Wildman–Crippen LogP) is 0.205. The zero-order valence-electron chi connectivity index (χ0n) is 4.29. The first kappa shape index (κ1) is 7.03. The van der Waals surface area contributed by atoms with Crippen molar-refractivity contribution in [3.8, 4) is 0 Å². The van der Waals surface area contributed by atoms with Gasteiger partial charge in [-0.2, -0.15) is 9.88 Å². The van der Waals surface area contributed by atoms with Gasteiger partial charge in [0.1, 0.15) is 0 Å². The SMILES string of the molecule is CC(=O)COON=O. The van der Waals surface area contributed by atoms with Crippen LogP contribution in [-0.2, 0) is 14.7 Å². The molecule has 0 rings (SSSR count). The van der Waals surface area contributed by atoms with E-state index in [2.05, 4.69) is 9.88 Å². The normalized spacial score (nSPS) is 8.12. The molecule has 0 amide bonds. The van der Waals surface area contributed by atoms with E-state index in [4.69, 9.17) is 4.91 Å². The molecule has 46 valence electrons. The molecule has 0 saturated carbocycles. The first-order valence-corrected chi connectivity index (χ1v) is 1.88. The largest absolute Gasteiger partial charge is 0.297 e. The molecule has 0 unspecified atom stereocenters. The zero-order valence-corrected chi connectivity index (χ0v) is 4.29. The summed E-state index contributed by atoms with van der Waals surface area (Å²) in [6, 6.07) is 0. The number of Topliss-reactive ketones (excluding diaryl/α,β-unsaturated/α-hetero) is 1. The standard InChI is InChI=1S/C3H5NO4/c1-3(5)2-7-8-4-6/h2H2,1H3. The second-order valence-corrected chi connectivity index (χ2v) is 1.11. The van der Waals surface area contributed by atoms with Crippen molar-refractivity contribution in [3.05, 3.63) is 4.91 Å². The highest BCUT2D eigenvalue weighted by Gasteiger charge is 1.91. The molecule has 5 heteroatoms. The van der Waals surface area contributed by atoms with Gasteiger partial charge in [0.2, 0.25) is 0 Å². The highest BCUT2D eigenvalue weighted by Crippen LogP contribution is 1.77. The third-order valence-electron chi connectivity index (χ3n) is 0.345. The average molecular weight is 119 g/mol. The maximum Gasteiger partial charge on any atom is 0.190 e. The van der Waals surface area contributed by atoms with Gasteiger partial charge in [-0.1, -0.05) is 0 Å². The van der Waals surface area contributed by atoms with Gasteiger partial charge in [-0.3, -0.25) is 4.79 Å². The van der Waals surface area contributed by atoms with Crippen molar-refractivity contribution in [1.29, 1.82) is 0 Å². The Morgan fingerprint density at radius 1 is 1.75 bits per heavy atom. The van der Waals surface area contributed by atoms with Gasteiger partial charge in [-0.05, 0) is 6.92 Å². The van der Waals surface area contributed by atoms with E-state index in [0.29, 0.717) is 0 Å². The van der Waals surface area contributed by atoms with Crippen LogP contribution in [0.15, 0.2) is 5.34 Å². The van der Waals surface area contributed by atoms with Gasteiger partial charge in [0.25, 0.3) is 0 Å². The molecule has 0 fully saturated rings. The lowest BCUT2D eigenvalue weighted by molar-refractivity contribution is -0.291. The van der Waals surface area contributed by atoms with Crippen molar-refractivity contribution in [1.82, 2.24) is 0 Å². The minimum Gasteiger partial charge on any atom is -0.297 e. The molecule has 0 radical (unpaired) electrons. The molecule has 0 saturated heterocycles. The van der Waals surface area contributed by atoms with Crippen molar-refractivity contribution in [3.63, 3.8) is 0 Å². The van der Waals surface area contributed by atoms with Crippen LogP contribution in [0.3, 0.4) is 0 Å². The minimum atomic E-state index is -0.244. The van der Waals surface area contributed by atoms with Crippen molar-refractivity contribution >= 4 is 5.78 Å². The molecular weight excluding hydrogens is 114 g/mol. The number of hydrogen-bond acceptors (Lipinski definition) is 5. The van der Waals surface area contributed by atoms with Crippen LogP contribution in [0.2, 0.25) is 0 Å². The molecule has 0 atom stereocenters. The van der Waals surface area contributed by atoms with E-state index < -0.39 is 0 Å². The molecule has 0 spiro atoms. The summed E-state index contributed by atoms with van der Waals surface area (Å²) in [5, 5.41) is 1.88. The molecule has 0 aromatic carbocycles. The third-order valence-corrected chi connectivity index (χ3v) is 0.345. The first-order valence-electron chi connectivity index (χ1n) is 1.88. The van der Waals surface area contributed by atoms with E-state index >= 15 is 0 Å². The lowest BCUT2D eigenvalue weighted by Crippen LogP contribution is -2.01. The molecule has 5 nitrogen and oxygen atoms in total. The molecule has 0 heterocycles. The molecule has 0 bridgehead atoms. The fourth-order valence-corrected chi connectivity index (χ4v) is 0.131. The summed E-state index contributed by atoms with van der Waals surface area (Å²) in [7, 11) is 0. The number of ketones is 1. The van der Waals surface area contributed by atoms with Crippen LogP contribution >= 0.6 is 0 Å². The second-order valence-electron chi connectivity index (χ2n) is 1.11. The van der Waals surface area contributed by atoms with E-state index in [1.54, 1.807) is 0 Å². The predicted molar refractivity (Wildman–Crippen MR) is 23.5 cm³/mol. The summed E-state index contributed by atoms with van der Waals surface area (Å²) < 4.78 is 0. The Kier molecular flexibility index (Phi) is 3.69. The maximum atomic E-state index is 9.97. The fraction of sp³-hybridized carbons (Fsp3) is 0.667. The molecule has 0 aliphatic carbocycles. The van der Waals surface area contributed by atoms with Gasteiger partial charge in [0, 0.05) is 0 Å². The number of nitrogens with zero attached hydrogens (tertiary/aromatic N) is 1. The highest BCUT2D eigenvalue weighted by molar-refractivity contribution is 5.76. The lowest BCUT2D eigenvalue weighted by Gasteiger charge is -1.88. The van der Waals surface area contributed by atoms with E-state index in [-0.39, 0.29) is 12.4 Å². The average Bonchev–Trinajstić information content (AvgIpc) is 1.66. The van der Waals surface area contributed by atoms with Crippen LogP contribution in [0.1, 0.15) is 6.92 Å². The number of carbonyl (C=O) groups excluding carboxylic acids is 1. The highest BCUT2D eigenvalue weighted by atomic mass is 17.3. The van der Waals surface area contributed by atoms with Crippen LogP contribution in [0.4, 0.5) is 0 Å². The number of carbonyl (C=O) groups is 1. The van der Waals surface area contributed by atoms with Gasteiger partial charge >= 0.3 is 0 Å². The molecule has 0 aliphatic rings. The minimum absolute atomic E-state index is 0.228. The molecule has 0 aromatic rings. The second kappa shape index (κ2) is 4.20. The Morgan fingerprint density at radius 2 is 2.38 bits per heavy atom. The van der Waals surface area contributed by atoms with Crippen molar-refractivity contribution < 1.29 is 14.7 Å². The summed E-state index contributed by atoms with van der Waals surface area (Å²) in [5.74, 6) is -0.228. The Bertz CT molecular complexity index is 91.3. The van der Waals surface area contributed by atoms with E-state index in [0.717, 1.165) is 0 Å². The molecule has 8 heavy (non-hydrogen) atoms. The van der Waals surface area contributed by atoms with Crippen LogP contribution in [0.25, 0.3) is 0 Å². The molecule has 0 aromatic heterocycles. The topological polar surface area (TPSA) is 65.0 Å². The summed E-state index contributed by atoms with van der Waals surface area (Å²) >= 11 is 0. The van der Waals surface area contributed by atoms with Crippen molar-refractivity contribution in [2.45, 2.75) is 6.92 Å². The quantitative estimate of drug-likeness (QED) is 0.229. The zero-order chi connectivity index (χ0) is 6.41. The maximum absolute atomic E-state index is 9.97. The summed E-state index contributed by atoms with van der Waals surface area (Å²) in [5.41, 5.74) is 0. The fourth-order valence-electron chi connectivity index (χ4n) is 0.131. The van der Waals surface area contributed by atoms with Crippen LogP contribution in [0.5, 0.6) is 0 Å². The number of hydrogen-bond donors (Lipinski definition) is 0. The Labute approximate surface area is 45.4 Å². The Morgan fingerprint density at radius 3 is 2.75 bits per heavy atom. The molecule has 0 N–H and O–H groups in total. The van der Waals surface area contributed by atoms with Gasteiger partial charge in [-0.25, -0.2) is 0 Å². The van der Waals surface area contributed by atoms with Gasteiger partial charge in [-0.15, -0.1) is 4.91 Å². The molecule has 0 aliphatic heterocycles. The third kappa shape index (κ3) is 5.03. The lowest BCUT2D eigenvalue weighted by atomic mass is 10.5. The van der Waals surface area contributed by atoms with Gasteiger partial charge < -0.3 is 0 Å². The van der Waals surface area contributed by atoms with E-state index in [1.165, 1.54) is 6.92 Å². The van der Waals surface area contributed by atoms with E-state index in [1.807, 2.05) is 5.34 Å². The van der Waals surface area contributed by atoms with Crippen molar-refractivity contribution in [2.24, 2.45) is 5.34 Å². The summed E-state index contributed by atoms with van der Waals surface area (Å²) in [6.07, 6.45) is 0.